The lowest BCUT2D eigenvalue weighted by molar-refractivity contribution is 0.669. The van der Waals surface area contributed by atoms with Gasteiger partial charge in [-0.2, -0.15) is 0 Å². The fraction of sp³-hybridized carbons (Fsp3) is 0. The second kappa shape index (κ2) is 15.5. The molecule has 11 rings (SSSR count). The number of hydrogen-bond acceptors (Lipinski definition) is 4. The van der Waals surface area contributed by atoms with Crippen LogP contribution in [0.3, 0.4) is 0 Å². The van der Waals surface area contributed by atoms with Crippen molar-refractivity contribution >= 4 is 21.9 Å². The van der Waals surface area contributed by atoms with Crippen LogP contribution in [0.2, 0.25) is 0 Å². The molecule has 0 unspecified atom stereocenters. The summed E-state index contributed by atoms with van der Waals surface area (Å²) in [4.78, 5) is 15.4. The molecule has 2 aromatic heterocycles. The topological polar surface area (TPSA) is 51.8 Å². The molecule has 0 atom stereocenters. The fourth-order valence-electron chi connectivity index (χ4n) is 8.25. The molecule has 0 aliphatic rings. The summed E-state index contributed by atoms with van der Waals surface area (Å²) in [6.07, 6.45) is 0. The average Bonchev–Trinajstić information content (AvgIpc) is 3.73. The first kappa shape index (κ1) is 35.9. The van der Waals surface area contributed by atoms with Gasteiger partial charge in [0.25, 0.3) is 0 Å². The molecule has 0 saturated heterocycles. The molecule has 0 aliphatic carbocycles. The molecule has 286 valence electrons. The van der Waals surface area contributed by atoms with Crippen LogP contribution in [0.5, 0.6) is 0 Å². The summed E-state index contributed by atoms with van der Waals surface area (Å²) >= 11 is 0. The Balaban J connectivity index is 1.01. The van der Waals surface area contributed by atoms with Gasteiger partial charge < -0.3 is 4.42 Å². The van der Waals surface area contributed by atoms with E-state index in [4.69, 9.17) is 19.4 Å². The predicted octanol–water partition coefficient (Wildman–Crippen LogP) is 15.1. The zero-order valence-corrected chi connectivity index (χ0v) is 33.1. The lowest BCUT2D eigenvalue weighted by Crippen LogP contribution is -2.00. The smallest absolute Gasteiger partial charge is 0.164 e. The Kier molecular flexibility index (Phi) is 9.14. The van der Waals surface area contributed by atoms with Crippen molar-refractivity contribution in [1.82, 2.24) is 15.0 Å². The molecule has 4 heteroatoms. The number of benzene rings is 9. The summed E-state index contributed by atoms with van der Waals surface area (Å²) in [6, 6.07) is 78.2. The van der Waals surface area contributed by atoms with Crippen LogP contribution in [0.25, 0.3) is 112 Å². The Morgan fingerprint density at radius 1 is 0.246 bits per heavy atom. The van der Waals surface area contributed by atoms with Gasteiger partial charge in [-0.05, 0) is 92.0 Å². The molecule has 2 heterocycles. The molecule has 4 nitrogen and oxygen atoms in total. The van der Waals surface area contributed by atoms with E-state index in [1.54, 1.807) is 0 Å². The van der Waals surface area contributed by atoms with E-state index >= 15 is 0 Å². The van der Waals surface area contributed by atoms with Gasteiger partial charge >= 0.3 is 0 Å². The maximum absolute atomic E-state index is 6.61. The number of fused-ring (bicyclic) bond motifs is 3. The molecule has 0 radical (unpaired) electrons. The highest BCUT2D eigenvalue weighted by atomic mass is 16.3. The Labute approximate surface area is 354 Å². The van der Waals surface area contributed by atoms with Crippen molar-refractivity contribution in [2.45, 2.75) is 0 Å². The van der Waals surface area contributed by atoms with Crippen molar-refractivity contribution in [3.8, 4) is 89.8 Å². The maximum atomic E-state index is 6.61. The highest BCUT2D eigenvalue weighted by molar-refractivity contribution is 6.13. The summed E-state index contributed by atoms with van der Waals surface area (Å²) in [5, 5.41) is 2.12. The Bertz CT molecular complexity index is 3340. The number of rotatable bonds is 8. The molecule has 0 N–H and O–H groups in total. The lowest BCUT2D eigenvalue weighted by atomic mass is 9.96. The zero-order chi connectivity index (χ0) is 40.5. The second-order valence-corrected chi connectivity index (χ2v) is 15.2. The molecule has 9 aromatic carbocycles. The van der Waals surface area contributed by atoms with E-state index in [0.29, 0.717) is 17.5 Å². The predicted molar refractivity (Wildman–Crippen MR) is 251 cm³/mol. The maximum Gasteiger partial charge on any atom is 0.164 e. The van der Waals surface area contributed by atoms with Crippen LogP contribution in [-0.2, 0) is 0 Å². The van der Waals surface area contributed by atoms with E-state index in [-0.39, 0.29) is 0 Å². The van der Waals surface area contributed by atoms with Crippen molar-refractivity contribution in [2.24, 2.45) is 0 Å². The molecule has 0 amide bonds. The largest absolute Gasteiger partial charge is 0.456 e. The Morgan fingerprint density at radius 2 is 0.623 bits per heavy atom. The van der Waals surface area contributed by atoms with E-state index in [1.807, 2.05) is 24.3 Å². The first-order valence-electron chi connectivity index (χ1n) is 20.5. The zero-order valence-electron chi connectivity index (χ0n) is 33.1. The SMILES string of the molecule is c1ccc(-c2cccc(-c3ccc(-c4nc(-c5cccc(-c6ccccc6)c5)nc(-c5ccc6c(c5)oc5cccc(-c7cccc(-c8ccccc8)c7)c56)n4)cc3)c2)cc1. The van der Waals surface area contributed by atoms with Crippen LogP contribution in [0, 0.1) is 0 Å². The van der Waals surface area contributed by atoms with Crippen LogP contribution in [-0.4, -0.2) is 15.0 Å². The van der Waals surface area contributed by atoms with Gasteiger partial charge in [0.15, 0.2) is 17.5 Å². The van der Waals surface area contributed by atoms with E-state index in [2.05, 4.69) is 200 Å². The number of aromatic nitrogens is 3. The molecular formula is C57H37N3O. The molecular weight excluding hydrogens is 743 g/mol. The highest BCUT2D eigenvalue weighted by Crippen LogP contribution is 2.39. The van der Waals surface area contributed by atoms with Crippen molar-refractivity contribution in [2.75, 3.05) is 0 Å². The molecule has 0 aliphatic heterocycles. The first-order chi connectivity index (χ1) is 30.2. The van der Waals surface area contributed by atoms with Crippen LogP contribution in [0.1, 0.15) is 0 Å². The third kappa shape index (κ3) is 7.07. The van der Waals surface area contributed by atoms with Crippen LogP contribution >= 0.6 is 0 Å². The Morgan fingerprint density at radius 3 is 1.18 bits per heavy atom. The first-order valence-corrected chi connectivity index (χ1v) is 20.5. The van der Waals surface area contributed by atoms with E-state index in [0.717, 1.165) is 72.0 Å². The number of hydrogen-bond donors (Lipinski definition) is 0. The quantitative estimate of drug-likeness (QED) is 0.154. The minimum atomic E-state index is 0.572. The summed E-state index contributed by atoms with van der Waals surface area (Å²) < 4.78 is 6.61. The summed E-state index contributed by atoms with van der Waals surface area (Å²) in [5.74, 6) is 1.77. The van der Waals surface area contributed by atoms with Gasteiger partial charge in [0, 0.05) is 27.5 Å². The summed E-state index contributed by atoms with van der Waals surface area (Å²) in [5.41, 5.74) is 15.8. The molecule has 61 heavy (non-hydrogen) atoms. The van der Waals surface area contributed by atoms with Gasteiger partial charge in [-0.25, -0.2) is 15.0 Å². The van der Waals surface area contributed by atoms with Crippen molar-refractivity contribution in [1.29, 1.82) is 0 Å². The van der Waals surface area contributed by atoms with Crippen LogP contribution in [0.15, 0.2) is 229 Å². The van der Waals surface area contributed by atoms with Gasteiger partial charge in [0.2, 0.25) is 0 Å². The third-order valence-corrected chi connectivity index (χ3v) is 11.3. The molecule has 0 saturated carbocycles. The number of furan rings is 1. The van der Waals surface area contributed by atoms with Gasteiger partial charge in [-0.1, -0.05) is 188 Å². The van der Waals surface area contributed by atoms with E-state index in [9.17, 15) is 0 Å². The average molecular weight is 780 g/mol. The van der Waals surface area contributed by atoms with Crippen molar-refractivity contribution in [3.05, 3.63) is 224 Å². The van der Waals surface area contributed by atoms with Crippen LogP contribution in [0.4, 0.5) is 0 Å². The molecule has 0 fully saturated rings. The third-order valence-electron chi connectivity index (χ3n) is 11.3. The fourth-order valence-corrected chi connectivity index (χ4v) is 8.25. The number of nitrogens with zero attached hydrogens (tertiary/aromatic N) is 3. The molecule has 0 spiro atoms. The van der Waals surface area contributed by atoms with E-state index in [1.165, 1.54) is 22.3 Å². The standard InChI is InChI=1S/C57H37N3O/c1-4-14-38(15-5-1)43-20-10-21-44(34-43)41-28-30-42(31-29-41)55-58-56(48-25-12-23-46(36-48)40-18-8-3-9-19-40)60-57(59-55)49-32-33-51-53(37-49)61-52-27-13-26-50(54(51)52)47-24-11-22-45(35-47)39-16-6-2-7-17-39/h1-37H. The van der Waals surface area contributed by atoms with Crippen molar-refractivity contribution < 1.29 is 4.42 Å². The van der Waals surface area contributed by atoms with Crippen LogP contribution < -0.4 is 0 Å². The normalized spacial score (nSPS) is 11.3. The minimum Gasteiger partial charge on any atom is -0.456 e. The Hall–Kier alpha value is -8.21. The van der Waals surface area contributed by atoms with Gasteiger partial charge in [-0.15, -0.1) is 0 Å². The minimum absolute atomic E-state index is 0.572. The summed E-state index contributed by atoms with van der Waals surface area (Å²) in [7, 11) is 0. The monoisotopic (exact) mass is 779 g/mol. The summed E-state index contributed by atoms with van der Waals surface area (Å²) in [6.45, 7) is 0. The molecule has 0 bridgehead atoms. The lowest BCUT2D eigenvalue weighted by Gasteiger charge is -2.11. The van der Waals surface area contributed by atoms with Gasteiger partial charge in [-0.3, -0.25) is 0 Å². The van der Waals surface area contributed by atoms with Gasteiger partial charge in [0.05, 0.1) is 0 Å². The molecule has 11 aromatic rings. The van der Waals surface area contributed by atoms with E-state index < -0.39 is 0 Å². The second-order valence-electron chi connectivity index (χ2n) is 15.2. The van der Waals surface area contributed by atoms with Gasteiger partial charge in [0.1, 0.15) is 11.2 Å². The van der Waals surface area contributed by atoms with Crippen molar-refractivity contribution in [3.63, 3.8) is 0 Å². The highest BCUT2D eigenvalue weighted by Gasteiger charge is 2.18.